The van der Waals surface area contributed by atoms with Crippen LogP contribution in [0, 0.1) is 5.82 Å². The van der Waals surface area contributed by atoms with Gasteiger partial charge in [0.25, 0.3) is 11.1 Å². The number of pyridine rings is 1. The molecule has 1 aromatic heterocycles. The molecule has 1 saturated heterocycles. The number of amides is 2. The van der Waals surface area contributed by atoms with Crippen LogP contribution in [0.2, 0.25) is 0 Å². The van der Waals surface area contributed by atoms with Gasteiger partial charge in [-0.3, -0.25) is 19.5 Å². The molecule has 1 aliphatic rings. The molecule has 0 atom stereocenters. The van der Waals surface area contributed by atoms with Gasteiger partial charge in [0.15, 0.2) is 11.5 Å². The molecule has 2 heterocycles. The van der Waals surface area contributed by atoms with Crippen LogP contribution in [-0.2, 0) is 17.9 Å². The smallest absolute Gasteiger partial charge is 0.293 e. The summed E-state index contributed by atoms with van der Waals surface area (Å²) in [6, 6.07) is 14.7. The average molecular weight is 450 g/mol. The average Bonchev–Trinajstić information content (AvgIpc) is 3.07. The van der Waals surface area contributed by atoms with Gasteiger partial charge in [-0.15, -0.1) is 0 Å². The van der Waals surface area contributed by atoms with Gasteiger partial charge in [-0.1, -0.05) is 18.2 Å². The molecular formula is C24H19FN2O4S. The Morgan fingerprint density at radius 3 is 2.47 bits per heavy atom. The molecule has 8 heteroatoms. The molecule has 0 spiro atoms. The summed E-state index contributed by atoms with van der Waals surface area (Å²) >= 11 is 0.871. The number of carbonyl (C=O) groups is 2. The second-order valence-corrected chi connectivity index (χ2v) is 7.94. The van der Waals surface area contributed by atoms with Crippen LogP contribution in [0.5, 0.6) is 11.5 Å². The highest BCUT2D eigenvalue weighted by atomic mass is 32.2. The second-order valence-electron chi connectivity index (χ2n) is 6.95. The van der Waals surface area contributed by atoms with Crippen molar-refractivity contribution < 1.29 is 23.5 Å². The normalized spacial score (nSPS) is 14.8. The van der Waals surface area contributed by atoms with Crippen LogP contribution in [0.1, 0.15) is 16.7 Å². The summed E-state index contributed by atoms with van der Waals surface area (Å²) in [5, 5.41) is -0.366. The van der Waals surface area contributed by atoms with Crippen molar-refractivity contribution in [3.05, 3.63) is 94.4 Å². The van der Waals surface area contributed by atoms with Crippen LogP contribution in [0.15, 0.2) is 71.9 Å². The van der Waals surface area contributed by atoms with E-state index in [2.05, 4.69) is 4.98 Å². The zero-order valence-corrected chi connectivity index (χ0v) is 18.0. The standard InChI is InChI=1S/C24H19FN2O4S/c1-30-21-12-18(4-7-20(21)31-15-17-8-10-26-11-9-17)13-22-23(28)27(24(29)32-22)14-16-2-5-19(25)6-3-16/h2-13H,14-15H2,1H3. The lowest BCUT2D eigenvalue weighted by Crippen LogP contribution is -2.27. The Hall–Kier alpha value is -3.65. The van der Waals surface area contributed by atoms with E-state index >= 15 is 0 Å². The topological polar surface area (TPSA) is 68.7 Å². The number of rotatable bonds is 7. The van der Waals surface area contributed by atoms with Crippen molar-refractivity contribution in [1.82, 2.24) is 9.88 Å². The highest BCUT2D eigenvalue weighted by Gasteiger charge is 2.35. The van der Waals surface area contributed by atoms with Gasteiger partial charge in [0.2, 0.25) is 0 Å². The Kier molecular flexibility index (Phi) is 6.51. The summed E-state index contributed by atoms with van der Waals surface area (Å²) < 4.78 is 24.4. The number of nitrogens with zero attached hydrogens (tertiary/aromatic N) is 2. The van der Waals surface area contributed by atoms with Crippen LogP contribution >= 0.6 is 11.8 Å². The molecule has 2 aromatic carbocycles. The zero-order valence-electron chi connectivity index (χ0n) is 17.2. The molecule has 1 fully saturated rings. The van der Waals surface area contributed by atoms with E-state index in [4.69, 9.17) is 9.47 Å². The van der Waals surface area contributed by atoms with E-state index in [1.54, 1.807) is 48.8 Å². The highest BCUT2D eigenvalue weighted by molar-refractivity contribution is 8.18. The maximum Gasteiger partial charge on any atom is 0.293 e. The minimum atomic E-state index is -0.388. The van der Waals surface area contributed by atoms with Gasteiger partial charge in [0.1, 0.15) is 12.4 Å². The van der Waals surface area contributed by atoms with E-state index in [-0.39, 0.29) is 23.5 Å². The van der Waals surface area contributed by atoms with E-state index in [0.29, 0.717) is 34.1 Å². The third kappa shape index (κ3) is 4.97. The first-order valence-electron chi connectivity index (χ1n) is 9.73. The molecule has 0 N–H and O–H groups in total. The summed E-state index contributed by atoms with van der Waals surface area (Å²) in [4.78, 5) is 30.5. The predicted molar refractivity (Wildman–Crippen MR) is 119 cm³/mol. The molecule has 0 saturated carbocycles. The molecule has 4 rings (SSSR count). The molecule has 32 heavy (non-hydrogen) atoms. The van der Waals surface area contributed by atoms with Crippen LogP contribution < -0.4 is 9.47 Å². The fourth-order valence-corrected chi connectivity index (χ4v) is 3.93. The minimum absolute atomic E-state index is 0.0907. The number of hydrogen-bond acceptors (Lipinski definition) is 6. The number of imide groups is 1. The van der Waals surface area contributed by atoms with Crippen molar-refractivity contribution in [3.8, 4) is 11.5 Å². The van der Waals surface area contributed by atoms with Gasteiger partial charge in [-0.05, 0) is 70.9 Å². The van der Waals surface area contributed by atoms with E-state index in [1.165, 1.54) is 19.2 Å². The molecule has 2 amide bonds. The van der Waals surface area contributed by atoms with E-state index in [9.17, 15) is 14.0 Å². The lowest BCUT2D eigenvalue weighted by atomic mass is 10.1. The van der Waals surface area contributed by atoms with Crippen molar-refractivity contribution in [1.29, 1.82) is 0 Å². The minimum Gasteiger partial charge on any atom is -0.493 e. The fourth-order valence-electron chi connectivity index (χ4n) is 3.09. The maximum absolute atomic E-state index is 13.1. The van der Waals surface area contributed by atoms with Crippen LogP contribution in [0.25, 0.3) is 6.08 Å². The molecule has 0 aliphatic carbocycles. The van der Waals surface area contributed by atoms with Gasteiger partial charge in [0, 0.05) is 12.4 Å². The molecular weight excluding hydrogens is 431 g/mol. The Balaban J connectivity index is 1.48. The second kappa shape index (κ2) is 9.65. The van der Waals surface area contributed by atoms with Gasteiger partial charge in [0.05, 0.1) is 18.6 Å². The summed E-state index contributed by atoms with van der Waals surface area (Å²) in [5.74, 6) is 0.315. The quantitative estimate of drug-likeness (QED) is 0.470. The number of benzene rings is 2. The molecule has 0 bridgehead atoms. The number of methoxy groups -OCH3 is 1. The number of thioether (sulfide) groups is 1. The van der Waals surface area contributed by atoms with Crippen LogP contribution in [-0.4, -0.2) is 28.1 Å². The molecule has 0 unspecified atom stereocenters. The number of ether oxygens (including phenoxy) is 2. The summed E-state index contributed by atoms with van der Waals surface area (Å²) in [7, 11) is 1.54. The maximum atomic E-state index is 13.1. The SMILES string of the molecule is COc1cc(C=C2SC(=O)N(Cc3ccc(F)cc3)C2=O)ccc1OCc1ccncc1. The van der Waals surface area contributed by atoms with E-state index < -0.39 is 0 Å². The summed E-state index contributed by atoms with van der Waals surface area (Å²) in [6.45, 7) is 0.452. The van der Waals surface area contributed by atoms with Crippen LogP contribution in [0.3, 0.4) is 0 Å². The third-order valence-electron chi connectivity index (χ3n) is 4.76. The number of hydrogen-bond donors (Lipinski definition) is 0. The number of halogens is 1. The van der Waals surface area contributed by atoms with Gasteiger partial charge < -0.3 is 9.47 Å². The number of aromatic nitrogens is 1. The summed E-state index contributed by atoms with van der Waals surface area (Å²) in [5.41, 5.74) is 2.35. The molecule has 0 radical (unpaired) electrons. The first-order valence-corrected chi connectivity index (χ1v) is 10.5. The Morgan fingerprint density at radius 1 is 1.00 bits per heavy atom. The van der Waals surface area contributed by atoms with Crippen molar-refractivity contribution in [2.45, 2.75) is 13.2 Å². The van der Waals surface area contributed by atoms with E-state index in [1.807, 2.05) is 12.1 Å². The largest absolute Gasteiger partial charge is 0.493 e. The zero-order chi connectivity index (χ0) is 22.5. The fraction of sp³-hybridized carbons (Fsp3) is 0.125. The lowest BCUT2D eigenvalue weighted by molar-refractivity contribution is -0.123. The van der Waals surface area contributed by atoms with Crippen molar-refractivity contribution >= 4 is 29.0 Å². The van der Waals surface area contributed by atoms with Gasteiger partial charge in [-0.2, -0.15) is 0 Å². The van der Waals surface area contributed by atoms with Crippen molar-refractivity contribution in [2.75, 3.05) is 7.11 Å². The Morgan fingerprint density at radius 2 is 1.75 bits per heavy atom. The Labute approximate surface area is 188 Å². The molecule has 6 nitrogen and oxygen atoms in total. The van der Waals surface area contributed by atoms with Gasteiger partial charge >= 0.3 is 0 Å². The van der Waals surface area contributed by atoms with Gasteiger partial charge in [-0.25, -0.2) is 4.39 Å². The van der Waals surface area contributed by atoms with Crippen molar-refractivity contribution in [2.24, 2.45) is 0 Å². The van der Waals surface area contributed by atoms with E-state index in [0.717, 1.165) is 22.2 Å². The monoisotopic (exact) mass is 450 g/mol. The highest BCUT2D eigenvalue weighted by Crippen LogP contribution is 2.35. The third-order valence-corrected chi connectivity index (χ3v) is 5.66. The lowest BCUT2D eigenvalue weighted by Gasteiger charge is -2.12. The van der Waals surface area contributed by atoms with Crippen LogP contribution in [0.4, 0.5) is 9.18 Å². The summed E-state index contributed by atoms with van der Waals surface area (Å²) in [6.07, 6.45) is 5.04. The first kappa shape index (κ1) is 21.6. The predicted octanol–water partition coefficient (Wildman–Crippen LogP) is 5.04. The number of carbonyl (C=O) groups excluding carboxylic acids is 2. The Bertz CT molecular complexity index is 1170. The molecule has 162 valence electrons. The van der Waals surface area contributed by atoms with Crippen molar-refractivity contribution in [3.63, 3.8) is 0 Å². The molecule has 1 aliphatic heterocycles. The molecule has 3 aromatic rings. The first-order chi connectivity index (χ1) is 15.5.